The van der Waals surface area contributed by atoms with Crippen LogP contribution < -0.4 is 10.0 Å². The molecular formula is C29H28F3N5O4S. The van der Waals surface area contributed by atoms with E-state index >= 15 is 4.39 Å². The number of nitrogens with zero attached hydrogens (tertiary/aromatic N) is 3. The van der Waals surface area contributed by atoms with Gasteiger partial charge in [-0.25, -0.2) is 26.6 Å². The van der Waals surface area contributed by atoms with Gasteiger partial charge in [-0.15, -0.1) is 0 Å². The van der Waals surface area contributed by atoms with Gasteiger partial charge < -0.3 is 10.4 Å². The van der Waals surface area contributed by atoms with Crippen molar-refractivity contribution in [2.45, 2.75) is 38.8 Å². The molecule has 0 spiro atoms. The molecular weight excluding hydrogens is 571 g/mol. The van der Waals surface area contributed by atoms with Crippen molar-refractivity contribution in [3.63, 3.8) is 0 Å². The highest BCUT2D eigenvalue weighted by atomic mass is 32.2. The summed E-state index contributed by atoms with van der Waals surface area (Å²) >= 11 is 0. The quantitative estimate of drug-likeness (QED) is 0.276. The van der Waals surface area contributed by atoms with Gasteiger partial charge in [-0.2, -0.15) is 5.10 Å². The van der Waals surface area contributed by atoms with Gasteiger partial charge in [-0.3, -0.25) is 14.2 Å². The molecule has 42 heavy (non-hydrogen) atoms. The summed E-state index contributed by atoms with van der Waals surface area (Å²) in [6.07, 6.45) is 0.839. The summed E-state index contributed by atoms with van der Waals surface area (Å²) < 4.78 is 70.7. The van der Waals surface area contributed by atoms with Crippen LogP contribution >= 0.6 is 0 Å². The standard InChI is InChI=1S/C29H28F3N5O4S/c1-16(38)33-24(14-17-12-18(30)15-19(31)13-17)26-21(7-6-20(34-26)10-11-29(2,3)39)22-8-9-23(32)25-27(22)37(4)35-28(25)36-42(5,40)41/h6-9,12-13,15,24,39H,14H2,1-5H3,(H,33,38)(H,35,36)/t24-/m0/s1. The minimum atomic E-state index is -3.80. The van der Waals surface area contributed by atoms with Gasteiger partial charge in [0.25, 0.3) is 0 Å². The number of benzene rings is 2. The maximum absolute atomic E-state index is 15.1. The van der Waals surface area contributed by atoms with Gasteiger partial charge in [0.1, 0.15) is 28.7 Å². The first-order valence-corrected chi connectivity index (χ1v) is 14.5. The molecule has 2 aromatic carbocycles. The Balaban J connectivity index is 2.00. The molecule has 3 N–H and O–H groups in total. The Kier molecular flexibility index (Phi) is 8.34. The molecule has 0 radical (unpaired) electrons. The van der Waals surface area contributed by atoms with E-state index in [1.54, 1.807) is 12.1 Å². The fraction of sp³-hybridized carbons (Fsp3) is 0.276. The highest BCUT2D eigenvalue weighted by Crippen LogP contribution is 2.38. The number of fused-ring (bicyclic) bond motifs is 1. The van der Waals surface area contributed by atoms with E-state index in [1.165, 1.54) is 38.6 Å². The topological polar surface area (TPSA) is 126 Å². The number of aliphatic hydroxyl groups is 1. The third-order valence-corrected chi connectivity index (χ3v) is 6.56. The van der Waals surface area contributed by atoms with E-state index < -0.39 is 45.0 Å². The molecule has 2 heterocycles. The molecule has 0 aliphatic rings. The molecule has 4 aromatic rings. The smallest absolute Gasteiger partial charge is 0.231 e. The van der Waals surface area contributed by atoms with Crippen LogP contribution in [0.4, 0.5) is 19.0 Å². The van der Waals surface area contributed by atoms with E-state index in [-0.39, 0.29) is 40.1 Å². The minimum absolute atomic E-state index is 0.0761. The van der Waals surface area contributed by atoms with E-state index in [0.29, 0.717) is 11.1 Å². The van der Waals surface area contributed by atoms with Gasteiger partial charge in [-0.05, 0) is 68.2 Å². The van der Waals surface area contributed by atoms with Gasteiger partial charge in [0.05, 0.1) is 28.9 Å². The Morgan fingerprint density at radius 2 is 1.74 bits per heavy atom. The lowest BCUT2D eigenvalue weighted by atomic mass is 9.93. The normalized spacial score (nSPS) is 12.5. The van der Waals surface area contributed by atoms with Crippen LogP contribution in [-0.2, 0) is 28.3 Å². The fourth-order valence-corrected chi connectivity index (χ4v) is 5.02. The summed E-state index contributed by atoms with van der Waals surface area (Å²) in [7, 11) is -2.29. The monoisotopic (exact) mass is 599 g/mol. The second-order valence-electron chi connectivity index (χ2n) is 10.3. The van der Waals surface area contributed by atoms with Gasteiger partial charge in [0.15, 0.2) is 5.82 Å². The van der Waals surface area contributed by atoms with Crippen molar-refractivity contribution >= 4 is 32.7 Å². The van der Waals surface area contributed by atoms with Crippen molar-refractivity contribution in [1.82, 2.24) is 20.1 Å². The Hall–Kier alpha value is -4.41. The van der Waals surface area contributed by atoms with Crippen molar-refractivity contribution in [2.75, 3.05) is 11.0 Å². The van der Waals surface area contributed by atoms with Crippen LogP contribution in [0, 0.1) is 29.3 Å². The van der Waals surface area contributed by atoms with E-state index in [4.69, 9.17) is 0 Å². The van der Waals surface area contributed by atoms with E-state index in [2.05, 4.69) is 32.0 Å². The number of nitrogens with one attached hydrogen (secondary N) is 2. The van der Waals surface area contributed by atoms with Gasteiger partial charge in [-0.1, -0.05) is 5.92 Å². The Morgan fingerprint density at radius 1 is 1.10 bits per heavy atom. The lowest BCUT2D eigenvalue weighted by molar-refractivity contribution is -0.119. The average Bonchev–Trinajstić information content (AvgIpc) is 3.16. The molecule has 0 saturated carbocycles. The van der Waals surface area contributed by atoms with Crippen molar-refractivity contribution in [3.8, 4) is 23.0 Å². The first-order chi connectivity index (χ1) is 19.5. The SMILES string of the molecule is CC(=O)N[C@@H](Cc1cc(F)cc(F)c1)c1nc(C#CC(C)(C)O)ccc1-c1ccc(F)c2c(NS(C)(=O)=O)nn(C)c12. The molecule has 220 valence electrons. The number of carbonyl (C=O) groups is 1. The Bertz CT molecular complexity index is 1850. The first kappa shape index (κ1) is 30.5. The average molecular weight is 600 g/mol. The number of hydrogen-bond donors (Lipinski definition) is 3. The Morgan fingerprint density at radius 3 is 2.33 bits per heavy atom. The molecule has 0 aliphatic carbocycles. The predicted molar refractivity (Wildman–Crippen MR) is 152 cm³/mol. The van der Waals surface area contributed by atoms with Gasteiger partial charge >= 0.3 is 0 Å². The number of carbonyl (C=O) groups excluding carboxylic acids is 1. The lowest BCUT2D eigenvalue weighted by Gasteiger charge is -2.22. The summed E-state index contributed by atoms with van der Waals surface area (Å²) in [5.74, 6) is 2.44. The van der Waals surface area contributed by atoms with Crippen molar-refractivity contribution in [1.29, 1.82) is 0 Å². The van der Waals surface area contributed by atoms with Gasteiger partial charge in [0.2, 0.25) is 15.9 Å². The number of pyridine rings is 1. The zero-order valence-electron chi connectivity index (χ0n) is 23.4. The zero-order valence-corrected chi connectivity index (χ0v) is 24.2. The number of aromatic nitrogens is 3. The number of aryl methyl sites for hydroxylation is 1. The number of rotatable bonds is 7. The van der Waals surface area contributed by atoms with E-state index in [1.807, 2.05) is 0 Å². The van der Waals surface area contributed by atoms with Crippen molar-refractivity contribution in [3.05, 3.63) is 76.9 Å². The number of hydrogen-bond acceptors (Lipinski definition) is 6. The molecule has 4 rings (SSSR count). The van der Waals surface area contributed by atoms with Crippen LogP contribution in [0.15, 0.2) is 42.5 Å². The molecule has 0 fully saturated rings. The maximum Gasteiger partial charge on any atom is 0.231 e. The number of halogens is 3. The summed E-state index contributed by atoms with van der Waals surface area (Å²) in [5.41, 5.74) is 0.335. The van der Waals surface area contributed by atoms with Crippen LogP contribution in [0.5, 0.6) is 0 Å². The molecule has 13 heteroatoms. The highest BCUT2D eigenvalue weighted by Gasteiger charge is 2.25. The largest absolute Gasteiger partial charge is 0.378 e. The predicted octanol–water partition coefficient (Wildman–Crippen LogP) is 3.97. The summed E-state index contributed by atoms with van der Waals surface area (Å²) in [4.78, 5) is 17.0. The van der Waals surface area contributed by atoms with Crippen LogP contribution in [-0.4, -0.2) is 46.1 Å². The van der Waals surface area contributed by atoms with E-state index in [9.17, 15) is 27.1 Å². The summed E-state index contributed by atoms with van der Waals surface area (Å²) in [6, 6.07) is 7.85. The second-order valence-corrected chi connectivity index (χ2v) is 12.1. The van der Waals surface area contributed by atoms with Crippen molar-refractivity contribution in [2.24, 2.45) is 7.05 Å². The highest BCUT2D eigenvalue weighted by molar-refractivity contribution is 7.92. The molecule has 0 aliphatic heterocycles. The first-order valence-electron chi connectivity index (χ1n) is 12.6. The van der Waals surface area contributed by atoms with Crippen LogP contribution in [0.1, 0.15) is 43.8 Å². The number of anilines is 1. The molecule has 0 bridgehead atoms. The molecule has 1 atom stereocenters. The van der Waals surface area contributed by atoms with Gasteiger partial charge in [0, 0.05) is 31.2 Å². The zero-order chi connectivity index (χ0) is 31.0. The van der Waals surface area contributed by atoms with Crippen LogP contribution in [0.2, 0.25) is 0 Å². The molecule has 0 unspecified atom stereocenters. The third-order valence-electron chi connectivity index (χ3n) is 6.00. The number of sulfonamides is 1. The van der Waals surface area contributed by atoms with E-state index in [0.717, 1.165) is 30.5 Å². The molecule has 1 amide bonds. The lowest BCUT2D eigenvalue weighted by Crippen LogP contribution is -2.29. The molecule has 2 aromatic heterocycles. The van der Waals surface area contributed by atoms with Crippen molar-refractivity contribution < 1.29 is 31.5 Å². The third kappa shape index (κ3) is 7.26. The molecule has 9 nitrogen and oxygen atoms in total. The summed E-state index contributed by atoms with van der Waals surface area (Å²) in [5, 5.41) is 16.9. The number of amides is 1. The van der Waals surface area contributed by atoms with Crippen LogP contribution in [0.25, 0.3) is 22.0 Å². The minimum Gasteiger partial charge on any atom is -0.378 e. The molecule has 0 saturated heterocycles. The van der Waals surface area contributed by atoms with Crippen LogP contribution in [0.3, 0.4) is 0 Å². The Labute approximate surface area is 240 Å². The fourth-order valence-electron chi connectivity index (χ4n) is 4.52. The summed E-state index contributed by atoms with van der Waals surface area (Å²) in [6.45, 7) is 4.26. The second kappa shape index (κ2) is 11.5. The maximum atomic E-state index is 15.1.